The number of aromatic hydroxyl groups is 1. The van der Waals surface area contributed by atoms with Gasteiger partial charge in [-0.3, -0.25) is 4.79 Å². The Balaban J connectivity index is 1.61. The number of phenols is 1. The summed E-state index contributed by atoms with van der Waals surface area (Å²) < 4.78 is 0. The van der Waals surface area contributed by atoms with Gasteiger partial charge in [-0.1, -0.05) is 0 Å². The highest BCUT2D eigenvalue weighted by atomic mass is 32.1. The SMILES string of the molecule is Cc1ncc(C(CC(=O)NC[C@H](Cc2c(C)cc(O)cc2C)N(C)C)C2CC2)s1. The van der Waals surface area contributed by atoms with Crippen molar-refractivity contribution in [1.29, 1.82) is 0 Å². The molecule has 1 fully saturated rings. The minimum absolute atomic E-state index is 0.124. The maximum atomic E-state index is 12.7. The Morgan fingerprint density at radius 3 is 2.45 bits per heavy atom. The summed E-state index contributed by atoms with van der Waals surface area (Å²) in [6, 6.07) is 3.82. The molecule has 1 aromatic heterocycles. The first-order chi connectivity index (χ1) is 13.7. The summed E-state index contributed by atoms with van der Waals surface area (Å²) in [5.41, 5.74) is 3.43. The van der Waals surface area contributed by atoms with Crippen molar-refractivity contribution >= 4 is 17.2 Å². The predicted octanol–water partition coefficient (Wildman–Crippen LogP) is 3.95. The van der Waals surface area contributed by atoms with Gasteiger partial charge in [-0.15, -0.1) is 11.3 Å². The summed E-state index contributed by atoms with van der Waals surface area (Å²) >= 11 is 1.72. The fourth-order valence-electron chi connectivity index (χ4n) is 4.02. The summed E-state index contributed by atoms with van der Waals surface area (Å²) in [6.45, 7) is 6.70. The Morgan fingerprint density at radius 2 is 1.93 bits per heavy atom. The number of carbonyl (C=O) groups is 1. The van der Waals surface area contributed by atoms with Gasteiger partial charge in [0.1, 0.15) is 5.75 Å². The highest BCUT2D eigenvalue weighted by Gasteiger charge is 2.35. The molecule has 1 aliphatic carbocycles. The number of aromatic nitrogens is 1. The molecular weight excluding hydrogens is 382 g/mol. The number of carbonyl (C=O) groups excluding carboxylic acids is 1. The molecule has 2 atom stereocenters. The summed E-state index contributed by atoms with van der Waals surface area (Å²) in [5.74, 6) is 1.37. The molecule has 0 spiro atoms. The van der Waals surface area contributed by atoms with Crippen molar-refractivity contribution in [1.82, 2.24) is 15.2 Å². The van der Waals surface area contributed by atoms with Gasteiger partial charge in [0.25, 0.3) is 0 Å². The van der Waals surface area contributed by atoms with E-state index in [9.17, 15) is 9.90 Å². The van der Waals surface area contributed by atoms with Crippen LogP contribution in [0.3, 0.4) is 0 Å². The number of benzene rings is 1. The van der Waals surface area contributed by atoms with E-state index in [4.69, 9.17) is 0 Å². The molecule has 2 N–H and O–H groups in total. The monoisotopic (exact) mass is 415 g/mol. The number of aryl methyl sites for hydroxylation is 3. The first-order valence-corrected chi connectivity index (χ1v) is 11.2. The van der Waals surface area contributed by atoms with Crippen LogP contribution < -0.4 is 5.32 Å². The molecule has 1 heterocycles. The molecule has 1 aromatic carbocycles. The van der Waals surface area contributed by atoms with Gasteiger partial charge in [0, 0.05) is 36.0 Å². The van der Waals surface area contributed by atoms with Crippen molar-refractivity contribution in [2.45, 2.75) is 58.4 Å². The lowest BCUT2D eigenvalue weighted by Crippen LogP contribution is -2.42. The van der Waals surface area contributed by atoms with Gasteiger partial charge in [-0.05, 0) is 88.9 Å². The van der Waals surface area contributed by atoms with E-state index in [0.29, 0.717) is 30.6 Å². The molecule has 29 heavy (non-hydrogen) atoms. The molecule has 0 radical (unpaired) electrons. The van der Waals surface area contributed by atoms with Crippen LogP contribution >= 0.6 is 11.3 Å². The second-order valence-electron chi connectivity index (χ2n) is 8.61. The molecule has 0 aliphatic heterocycles. The van der Waals surface area contributed by atoms with E-state index in [2.05, 4.69) is 29.3 Å². The third-order valence-corrected chi connectivity index (χ3v) is 7.03. The zero-order valence-electron chi connectivity index (χ0n) is 18.2. The number of hydrogen-bond donors (Lipinski definition) is 2. The van der Waals surface area contributed by atoms with E-state index in [1.807, 2.05) is 39.1 Å². The molecule has 1 unspecified atom stereocenters. The van der Waals surface area contributed by atoms with Gasteiger partial charge in [-0.25, -0.2) is 4.98 Å². The third kappa shape index (κ3) is 5.80. The van der Waals surface area contributed by atoms with E-state index in [1.165, 1.54) is 23.3 Å². The van der Waals surface area contributed by atoms with Crippen LogP contribution in [0.5, 0.6) is 5.75 Å². The smallest absolute Gasteiger partial charge is 0.220 e. The lowest BCUT2D eigenvalue weighted by atomic mass is 9.95. The number of amides is 1. The van der Waals surface area contributed by atoms with Crippen LogP contribution in [0.1, 0.15) is 51.8 Å². The van der Waals surface area contributed by atoms with Crippen molar-refractivity contribution in [3.63, 3.8) is 0 Å². The lowest BCUT2D eigenvalue weighted by Gasteiger charge is -2.26. The number of nitrogens with one attached hydrogen (secondary N) is 1. The minimum Gasteiger partial charge on any atom is -0.508 e. The zero-order chi connectivity index (χ0) is 21.1. The second kappa shape index (κ2) is 9.26. The summed E-state index contributed by atoms with van der Waals surface area (Å²) in [5, 5.41) is 14.0. The Kier molecular flexibility index (Phi) is 6.96. The van der Waals surface area contributed by atoms with Crippen LogP contribution in [-0.4, -0.2) is 47.6 Å². The Labute approximate surface area is 178 Å². The third-order valence-electron chi connectivity index (χ3n) is 5.99. The van der Waals surface area contributed by atoms with E-state index in [0.717, 1.165) is 22.6 Å². The molecule has 158 valence electrons. The highest BCUT2D eigenvalue weighted by molar-refractivity contribution is 7.11. The van der Waals surface area contributed by atoms with Crippen LogP contribution in [0.15, 0.2) is 18.3 Å². The van der Waals surface area contributed by atoms with Crippen molar-refractivity contribution in [2.75, 3.05) is 20.6 Å². The Bertz CT molecular complexity index is 835. The van der Waals surface area contributed by atoms with E-state index in [1.54, 1.807) is 11.3 Å². The fraction of sp³-hybridized carbons (Fsp3) is 0.565. The van der Waals surface area contributed by atoms with Gasteiger partial charge in [-0.2, -0.15) is 0 Å². The number of nitrogens with zero attached hydrogens (tertiary/aromatic N) is 2. The summed E-state index contributed by atoms with van der Waals surface area (Å²) in [6.07, 6.45) is 5.77. The fourth-order valence-corrected chi connectivity index (χ4v) is 5.00. The van der Waals surface area contributed by atoms with Crippen LogP contribution in [-0.2, 0) is 11.2 Å². The number of hydrogen-bond acceptors (Lipinski definition) is 5. The standard InChI is InChI=1S/C23H33N3O2S/c1-14-8-19(27)9-15(2)20(14)10-18(26(4)5)12-25-23(28)11-21(17-6-7-17)22-13-24-16(3)29-22/h8-9,13,17-18,21,27H,6-7,10-12H2,1-5H3,(H,25,28)/t18-,21?/m0/s1. The Hall–Kier alpha value is -1.92. The highest BCUT2D eigenvalue weighted by Crippen LogP contribution is 2.45. The maximum absolute atomic E-state index is 12.7. The lowest BCUT2D eigenvalue weighted by molar-refractivity contribution is -0.121. The van der Waals surface area contributed by atoms with Crippen molar-refractivity contribution in [2.24, 2.45) is 5.92 Å². The average Bonchev–Trinajstić information content (AvgIpc) is 3.38. The van der Waals surface area contributed by atoms with Crippen LogP contribution in [0.25, 0.3) is 0 Å². The molecule has 6 heteroatoms. The van der Waals surface area contributed by atoms with Gasteiger partial charge in [0.15, 0.2) is 0 Å². The molecule has 5 nitrogen and oxygen atoms in total. The summed E-state index contributed by atoms with van der Waals surface area (Å²) in [7, 11) is 4.10. The quantitative estimate of drug-likeness (QED) is 0.651. The van der Waals surface area contributed by atoms with Gasteiger partial charge in [0.05, 0.1) is 5.01 Å². The van der Waals surface area contributed by atoms with Gasteiger partial charge >= 0.3 is 0 Å². The van der Waals surface area contributed by atoms with Crippen molar-refractivity contribution < 1.29 is 9.90 Å². The largest absolute Gasteiger partial charge is 0.508 e. The molecule has 3 rings (SSSR count). The van der Waals surface area contributed by atoms with Gasteiger partial charge in [0.2, 0.25) is 5.91 Å². The molecule has 0 bridgehead atoms. The van der Waals surface area contributed by atoms with Crippen molar-refractivity contribution in [3.05, 3.63) is 44.9 Å². The van der Waals surface area contributed by atoms with E-state index >= 15 is 0 Å². The normalized spacial score (nSPS) is 16.1. The first-order valence-electron chi connectivity index (χ1n) is 10.4. The average molecular weight is 416 g/mol. The van der Waals surface area contributed by atoms with Gasteiger partial charge < -0.3 is 15.3 Å². The topological polar surface area (TPSA) is 65.5 Å². The number of likely N-dealkylation sites (N-methyl/N-ethyl adjacent to an activating group) is 1. The molecule has 0 saturated heterocycles. The predicted molar refractivity (Wildman–Crippen MR) is 119 cm³/mol. The Morgan fingerprint density at radius 1 is 1.28 bits per heavy atom. The van der Waals surface area contributed by atoms with E-state index in [-0.39, 0.29) is 11.9 Å². The second-order valence-corrected chi connectivity index (χ2v) is 9.88. The number of thiazole rings is 1. The minimum atomic E-state index is 0.124. The number of phenolic OH excluding ortho intramolecular Hbond substituents is 1. The van der Waals surface area contributed by atoms with Crippen molar-refractivity contribution in [3.8, 4) is 5.75 Å². The number of rotatable bonds is 9. The molecule has 2 aromatic rings. The maximum Gasteiger partial charge on any atom is 0.220 e. The molecular formula is C23H33N3O2S. The molecule has 1 aliphatic rings. The van der Waals surface area contributed by atoms with Crippen LogP contribution in [0.4, 0.5) is 0 Å². The van der Waals surface area contributed by atoms with Crippen LogP contribution in [0, 0.1) is 26.7 Å². The zero-order valence-corrected chi connectivity index (χ0v) is 19.0. The van der Waals surface area contributed by atoms with Crippen LogP contribution in [0.2, 0.25) is 0 Å². The molecule has 1 amide bonds. The van der Waals surface area contributed by atoms with E-state index < -0.39 is 0 Å². The summed E-state index contributed by atoms with van der Waals surface area (Å²) in [4.78, 5) is 20.5. The molecule has 1 saturated carbocycles. The first kappa shape index (κ1) is 21.8.